The normalized spacial score (nSPS) is 22.6. The van der Waals surface area contributed by atoms with Gasteiger partial charge in [0.2, 0.25) is 5.91 Å². The Kier molecular flexibility index (Phi) is 6.38. The van der Waals surface area contributed by atoms with Crippen molar-refractivity contribution in [2.24, 2.45) is 11.8 Å². The number of benzene rings is 1. The third-order valence-electron chi connectivity index (χ3n) is 7.73. The van der Waals surface area contributed by atoms with Crippen molar-refractivity contribution in [2.75, 3.05) is 19.6 Å². The molecule has 3 aliphatic rings. The highest BCUT2D eigenvalue weighted by molar-refractivity contribution is 5.94. The fraction of sp³-hybridized carbons (Fsp3) is 0.444. The zero-order valence-electron chi connectivity index (χ0n) is 20.7. The Morgan fingerprint density at radius 3 is 2.61 bits per heavy atom. The molecule has 2 amide bonds. The number of nitrogens with zero attached hydrogens (tertiary/aromatic N) is 4. The van der Waals surface area contributed by atoms with Crippen molar-refractivity contribution in [3.05, 3.63) is 65.9 Å². The zero-order valence-corrected chi connectivity index (χ0v) is 20.7. The fourth-order valence-corrected chi connectivity index (χ4v) is 5.22. The van der Waals surface area contributed by atoms with Crippen LogP contribution in [0.3, 0.4) is 0 Å². The molecule has 9 nitrogen and oxygen atoms in total. The number of amides is 2. The van der Waals surface area contributed by atoms with Gasteiger partial charge in [-0.15, -0.1) is 0 Å². The van der Waals surface area contributed by atoms with Crippen molar-refractivity contribution in [3.63, 3.8) is 0 Å². The van der Waals surface area contributed by atoms with Crippen LogP contribution in [-0.4, -0.2) is 57.5 Å². The molecule has 2 N–H and O–H groups in total. The van der Waals surface area contributed by atoms with Gasteiger partial charge in [0.15, 0.2) is 11.5 Å². The second-order valence-corrected chi connectivity index (χ2v) is 10.6. The number of aromatic nitrogens is 3. The van der Waals surface area contributed by atoms with Crippen LogP contribution in [0, 0.1) is 23.5 Å². The highest BCUT2D eigenvalue weighted by atomic mass is 19.1. The van der Waals surface area contributed by atoms with Gasteiger partial charge in [-0.1, -0.05) is 5.16 Å². The molecule has 0 radical (unpaired) electrons. The molecule has 2 saturated carbocycles. The SMILES string of the molecule is O=C(N[C@H]1CCN(CC2CC2)C[C@@H]1C(=O)NC1(c2cncnc2)CC1)c1cc(-c2ccc(F)cc2F)on1. The zero-order chi connectivity index (χ0) is 26.3. The molecule has 3 fully saturated rings. The summed E-state index contributed by atoms with van der Waals surface area (Å²) in [5, 5.41) is 9.97. The van der Waals surface area contributed by atoms with Crippen LogP contribution in [0.4, 0.5) is 8.78 Å². The summed E-state index contributed by atoms with van der Waals surface area (Å²) in [4.78, 5) is 37.2. The first-order valence-electron chi connectivity index (χ1n) is 12.9. The maximum absolute atomic E-state index is 14.2. The minimum atomic E-state index is -0.814. The maximum atomic E-state index is 14.2. The number of carbonyl (C=O) groups is 2. The van der Waals surface area contributed by atoms with E-state index in [-0.39, 0.29) is 22.9 Å². The maximum Gasteiger partial charge on any atom is 0.273 e. The molecule has 3 heterocycles. The molecule has 0 unspecified atom stereocenters. The van der Waals surface area contributed by atoms with Gasteiger partial charge < -0.3 is 20.1 Å². The van der Waals surface area contributed by atoms with E-state index in [0.29, 0.717) is 18.9 Å². The van der Waals surface area contributed by atoms with Crippen molar-refractivity contribution < 1.29 is 22.9 Å². The summed E-state index contributed by atoms with van der Waals surface area (Å²) in [6.45, 7) is 2.27. The van der Waals surface area contributed by atoms with Crippen molar-refractivity contribution in [2.45, 2.75) is 43.7 Å². The van der Waals surface area contributed by atoms with E-state index in [1.54, 1.807) is 12.4 Å². The van der Waals surface area contributed by atoms with E-state index >= 15 is 0 Å². The predicted octanol–water partition coefficient (Wildman–Crippen LogP) is 3.05. The molecule has 198 valence electrons. The summed E-state index contributed by atoms with van der Waals surface area (Å²) in [6.07, 6.45) is 9.57. The van der Waals surface area contributed by atoms with E-state index in [2.05, 4.69) is 30.7 Å². The largest absolute Gasteiger partial charge is 0.355 e. The summed E-state index contributed by atoms with van der Waals surface area (Å²) in [6, 6.07) is 3.98. The lowest BCUT2D eigenvalue weighted by atomic mass is 9.90. The summed E-state index contributed by atoms with van der Waals surface area (Å²) < 4.78 is 32.6. The Morgan fingerprint density at radius 2 is 1.89 bits per heavy atom. The van der Waals surface area contributed by atoms with Crippen LogP contribution in [0.25, 0.3) is 11.3 Å². The smallest absolute Gasteiger partial charge is 0.273 e. The molecule has 2 aromatic heterocycles. The van der Waals surface area contributed by atoms with Gasteiger partial charge in [0.25, 0.3) is 5.91 Å². The molecule has 0 spiro atoms. The number of carbonyl (C=O) groups excluding carboxylic acids is 2. The Morgan fingerprint density at radius 1 is 1.11 bits per heavy atom. The number of piperidine rings is 1. The van der Waals surface area contributed by atoms with Gasteiger partial charge in [0, 0.05) is 55.8 Å². The summed E-state index contributed by atoms with van der Waals surface area (Å²) >= 11 is 0. The molecule has 2 aliphatic carbocycles. The summed E-state index contributed by atoms with van der Waals surface area (Å²) in [7, 11) is 0. The molecule has 1 aliphatic heterocycles. The van der Waals surface area contributed by atoms with Gasteiger partial charge in [-0.25, -0.2) is 18.7 Å². The van der Waals surface area contributed by atoms with Crippen LogP contribution in [0.15, 0.2) is 47.5 Å². The summed E-state index contributed by atoms with van der Waals surface area (Å²) in [5.41, 5.74) is 0.376. The predicted molar refractivity (Wildman–Crippen MR) is 131 cm³/mol. The van der Waals surface area contributed by atoms with Gasteiger partial charge in [-0.3, -0.25) is 9.59 Å². The standard InChI is InChI=1S/C27H28F2N6O3/c28-18-3-4-19(21(29)9-18)24-10-23(34-38-24)26(37)32-22-5-8-35(13-16-1-2-16)14-20(22)25(36)33-27(6-7-27)17-11-30-15-31-12-17/h3-4,9-12,15-16,20,22H,1-2,5-8,13-14H2,(H,32,37)(H,33,36)/t20-,22-/m0/s1. The van der Waals surface area contributed by atoms with Crippen molar-refractivity contribution in [1.82, 2.24) is 30.7 Å². The second kappa shape index (κ2) is 9.86. The van der Waals surface area contributed by atoms with Crippen molar-refractivity contribution in [1.29, 1.82) is 0 Å². The minimum Gasteiger partial charge on any atom is -0.355 e. The first-order valence-corrected chi connectivity index (χ1v) is 12.9. The molecular formula is C27H28F2N6O3. The van der Waals surface area contributed by atoms with Crippen LogP contribution in [0.2, 0.25) is 0 Å². The Bertz CT molecular complexity index is 1340. The van der Waals surface area contributed by atoms with Crippen LogP contribution < -0.4 is 10.6 Å². The number of rotatable bonds is 8. The number of nitrogens with one attached hydrogen (secondary N) is 2. The van der Waals surface area contributed by atoms with E-state index in [9.17, 15) is 18.4 Å². The second-order valence-electron chi connectivity index (χ2n) is 10.6. The molecule has 38 heavy (non-hydrogen) atoms. The first kappa shape index (κ1) is 24.6. The molecule has 1 aromatic carbocycles. The molecule has 3 aromatic rings. The van der Waals surface area contributed by atoms with Gasteiger partial charge in [0.05, 0.1) is 17.0 Å². The Balaban J connectivity index is 1.17. The quantitative estimate of drug-likeness (QED) is 0.468. The van der Waals surface area contributed by atoms with Crippen molar-refractivity contribution >= 4 is 11.8 Å². The minimum absolute atomic E-state index is 0.00297. The van der Waals surface area contributed by atoms with Gasteiger partial charge in [0.1, 0.15) is 18.0 Å². The highest BCUT2D eigenvalue weighted by Crippen LogP contribution is 2.45. The van der Waals surface area contributed by atoms with E-state index in [4.69, 9.17) is 4.52 Å². The molecule has 0 bridgehead atoms. The van der Waals surface area contributed by atoms with E-state index in [0.717, 1.165) is 43.6 Å². The monoisotopic (exact) mass is 522 g/mol. The number of hydrogen-bond acceptors (Lipinski definition) is 7. The fourth-order valence-electron chi connectivity index (χ4n) is 5.22. The third kappa shape index (κ3) is 5.15. The third-order valence-corrected chi connectivity index (χ3v) is 7.73. The topological polar surface area (TPSA) is 113 Å². The number of halogens is 2. The van der Waals surface area contributed by atoms with Gasteiger partial charge >= 0.3 is 0 Å². The summed E-state index contributed by atoms with van der Waals surface area (Å²) in [5.74, 6) is -1.93. The van der Waals surface area contributed by atoms with E-state index in [1.165, 1.54) is 31.3 Å². The number of likely N-dealkylation sites (tertiary alicyclic amines) is 1. The molecule has 6 rings (SSSR count). The van der Waals surface area contributed by atoms with Crippen LogP contribution in [0.5, 0.6) is 0 Å². The molecule has 11 heteroatoms. The lowest BCUT2D eigenvalue weighted by Crippen LogP contribution is -2.57. The highest BCUT2D eigenvalue weighted by Gasteiger charge is 2.48. The average Bonchev–Trinajstić information content (AvgIpc) is 3.84. The Hall–Kier alpha value is -3.73. The lowest BCUT2D eigenvalue weighted by Gasteiger charge is -2.38. The molecular weight excluding hydrogens is 494 g/mol. The van der Waals surface area contributed by atoms with Gasteiger partial charge in [-0.05, 0) is 50.2 Å². The molecule has 1 saturated heterocycles. The average molecular weight is 523 g/mol. The van der Waals surface area contributed by atoms with E-state index in [1.807, 2.05) is 0 Å². The van der Waals surface area contributed by atoms with Crippen LogP contribution >= 0.6 is 0 Å². The Labute approximate surface area is 218 Å². The first-order chi connectivity index (χ1) is 18.4. The van der Waals surface area contributed by atoms with Crippen LogP contribution in [0.1, 0.15) is 48.2 Å². The number of hydrogen-bond donors (Lipinski definition) is 2. The van der Waals surface area contributed by atoms with E-state index < -0.39 is 35.0 Å². The van der Waals surface area contributed by atoms with Crippen LogP contribution in [-0.2, 0) is 10.3 Å². The van der Waals surface area contributed by atoms with Gasteiger partial charge in [-0.2, -0.15) is 0 Å². The lowest BCUT2D eigenvalue weighted by molar-refractivity contribution is -0.128. The van der Waals surface area contributed by atoms with Crippen molar-refractivity contribution in [3.8, 4) is 11.3 Å². The molecule has 2 atom stereocenters.